The highest BCUT2D eigenvalue weighted by molar-refractivity contribution is 7.89. The Morgan fingerprint density at radius 3 is 2.65 bits per heavy atom. The molecule has 1 aliphatic heterocycles. The van der Waals surface area contributed by atoms with Crippen molar-refractivity contribution in [2.45, 2.75) is 19.3 Å². The van der Waals surface area contributed by atoms with Crippen LogP contribution in [-0.4, -0.2) is 34.1 Å². The van der Waals surface area contributed by atoms with E-state index < -0.39 is 10.0 Å². The predicted molar refractivity (Wildman–Crippen MR) is 99.2 cm³/mol. The van der Waals surface area contributed by atoms with Gasteiger partial charge in [0.25, 0.3) is 0 Å². The summed E-state index contributed by atoms with van der Waals surface area (Å²) in [6.07, 6.45) is 2.05. The molecule has 0 radical (unpaired) electrons. The van der Waals surface area contributed by atoms with Crippen LogP contribution in [0.25, 0.3) is 0 Å². The maximum atomic E-state index is 12.0. The summed E-state index contributed by atoms with van der Waals surface area (Å²) in [4.78, 5) is 0. The molecule has 0 atom stereocenters. The SMILES string of the molecule is O=S(=O)(CCCOc1ccc2c(c1)OCO2)NCCCc1ccccc1. The molecule has 0 aliphatic carbocycles. The first kappa shape index (κ1) is 18.5. The molecule has 1 aliphatic rings. The zero-order chi connectivity index (χ0) is 18.2. The Balaban J connectivity index is 1.32. The number of benzene rings is 2. The molecule has 2 aromatic rings. The fourth-order valence-corrected chi connectivity index (χ4v) is 3.74. The minimum atomic E-state index is -3.27. The fourth-order valence-electron chi connectivity index (χ4n) is 2.64. The van der Waals surface area contributed by atoms with Crippen molar-refractivity contribution >= 4 is 10.0 Å². The van der Waals surface area contributed by atoms with Gasteiger partial charge in [-0.25, -0.2) is 13.1 Å². The highest BCUT2D eigenvalue weighted by Gasteiger charge is 2.14. The number of hydrogen-bond acceptors (Lipinski definition) is 5. The predicted octanol–water partition coefficient (Wildman–Crippen LogP) is 2.74. The molecule has 2 aromatic carbocycles. The van der Waals surface area contributed by atoms with E-state index in [-0.39, 0.29) is 12.5 Å². The third-order valence-corrected chi connectivity index (χ3v) is 5.45. The molecule has 0 saturated carbocycles. The van der Waals surface area contributed by atoms with Crippen molar-refractivity contribution in [2.75, 3.05) is 25.7 Å². The fraction of sp³-hybridized carbons (Fsp3) is 0.368. The molecule has 0 aromatic heterocycles. The van der Waals surface area contributed by atoms with E-state index in [1.54, 1.807) is 18.2 Å². The van der Waals surface area contributed by atoms with Gasteiger partial charge in [0, 0.05) is 12.6 Å². The summed E-state index contributed by atoms with van der Waals surface area (Å²) < 4.78 is 42.7. The number of ether oxygens (including phenoxy) is 3. The lowest BCUT2D eigenvalue weighted by Crippen LogP contribution is -2.28. The Morgan fingerprint density at radius 2 is 1.81 bits per heavy atom. The average Bonchev–Trinajstić information content (AvgIpc) is 3.11. The average molecular weight is 377 g/mol. The number of aryl methyl sites for hydroxylation is 1. The Morgan fingerprint density at radius 1 is 1.00 bits per heavy atom. The summed E-state index contributed by atoms with van der Waals surface area (Å²) >= 11 is 0. The zero-order valence-corrected chi connectivity index (χ0v) is 15.3. The smallest absolute Gasteiger partial charge is 0.231 e. The van der Waals surface area contributed by atoms with E-state index in [0.29, 0.717) is 36.8 Å². The molecule has 140 valence electrons. The molecule has 0 amide bonds. The highest BCUT2D eigenvalue weighted by atomic mass is 32.2. The van der Waals surface area contributed by atoms with Crippen LogP contribution in [0, 0.1) is 0 Å². The molecule has 26 heavy (non-hydrogen) atoms. The van der Waals surface area contributed by atoms with Crippen molar-refractivity contribution in [2.24, 2.45) is 0 Å². The topological polar surface area (TPSA) is 73.9 Å². The second-order valence-corrected chi connectivity index (χ2v) is 7.95. The van der Waals surface area contributed by atoms with E-state index in [2.05, 4.69) is 4.72 Å². The first-order chi connectivity index (χ1) is 12.6. The first-order valence-corrected chi connectivity index (χ1v) is 10.3. The van der Waals surface area contributed by atoms with Crippen molar-refractivity contribution < 1.29 is 22.6 Å². The molecule has 0 unspecified atom stereocenters. The number of fused-ring (bicyclic) bond motifs is 1. The summed E-state index contributed by atoms with van der Waals surface area (Å²) in [6.45, 7) is 0.984. The van der Waals surface area contributed by atoms with Gasteiger partial charge in [0.05, 0.1) is 12.4 Å². The van der Waals surface area contributed by atoms with E-state index in [9.17, 15) is 8.42 Å². The Bertz CT molecular complexity index is 808. The summed E-state index contributed by atoms with van der Waals surface area (Å²) in [6, 6.07) is 15.3. The largest absolute Gasteiger partial charge is 0.493 e. The van der Waals surface area contributed by atoms with Crippen LogP contribution in [0.1, 0.15) is 18.4 Å². The number of hydrogen-bond donors (Lipinski definition) is 1. The molecule has 0 saturated heterocycles. The molecule has 3 rings (SSSR count). The third kappa shape index (κ3) is 5.64. The lowest BCUT2D eigenvalue weighted by Gasteiger charge is -2.09. The molecule has 1 N–H and O–H groups in total. The summed E-state index contributed by atoms with van der Waals surface area (Å²) in [5.74, 6) is 2.03. The zero-order valence-electron chi connectivity index (χ0n) is 14.5. The summed E-state index contributed by atoms with van der Waals surface area (Å²) in [7, 11) is -3.27. The lowest BCUT2D eigenvalue weighted by molar-refractivity contribution is 0.173. The molecule has 0 bridgehead atoms. The van der Waals surface area contributed by atoms with Crippen LogP contribution in [-0.2, 0) is 16.4 Å². The van der Waals surface area contributed by atoms with Crippen molar-refractivity contribution in [3.05, 3.63) is 54.1 Å². The van der Waals surface area contributed by atoms with Crippen molar-refractivity contribution in [3.8, 4) is 17.2 Å². The standard InChI is InChI=1S/C19H23NO5S/c21-26(22,20-11-4-8-16-6-2-1-3-7-16)13-5-12-23-17-9-10-18-19(14-17)25-15-24-18/h1-3,6-7,9-10,14,20H,4-5,8,11-13,15H2. The highest BCUT2D eigenvalue weighted by Crippen LogP contribution is 2.35. The van der Waals surface area contributed by atoms with Gasteiger partial charge in [0.2, 0.25) is 16.8 Å². The molecule has 7 heteroatoms. The van der Waals surface area contributed by atoms with E-state index >= 15 is 0 Å². The minimum Gasteiger partial charge on any atom is -0.493 e. The van der Waals surface area contributed by atoms with Crippen LogP contribution >= 0.6 is 0 Å². The minimum absolute atomic E-state index is 0.0445. The molecule has 6 nitrogen and oxygen atoms in total. The van der Waals surface area contributed by atoms with Gasteiger partial charge in [-0.3, -0.25) is 0 Å². The van der Waals surface area contributed by atoms with Gasteiger partial charge in [-0.2, -0.15) is 0 Å². The van der Waals surface area contributed by atoms with Gasteiger partial charge in [-0.1, -0.05) is 30.3 Å². The van der Waals surface area contributed by atoms with Gasteiger partial charge in [0.15, 0.2) is 11.5 Å². The van der Waals surface area contributed by atoms with E-state index in [0.717, 1.165) is 12.8 Å². The van der Waals surface area contributed by atoms with Gasteiger partial charge in [-0.15, -0.1) is 0 Å². The molecule has 1 heterocycles. The van der Waals surface area contributed by atoms with Gasteiger partial charge in [-0.05, 0) is 37.0 Å². The van der Waals surface area contributed by atoms with Gasteiger partial charge < -0.3 is 14.2 Å². The maximum absolute atomic E-state index is 12.0. The normalized spacial score (nSPS) is 12.9. The van der Waals surface area contributed by atoms with Crippen molar-refractivity contribution in [1.29, 1.82) is 0 Å². The monoisotopic (exact) mass is 377 g/mol. The number of rotatable bonds is 10. The second kappa shape index (κ2) is 8.91. The first-order valence-electron chi connectivity index (χ1n) is 8.66. The Hall–Kier alpha value is -2.25. The number of nitrogens with one attached hydrogen (secondary N) is 1. The van der Waals surface area contributed by atoms with Crippen LogP contribution in [0.3, 0.4) is 0 Å². The van der Waals surface area contributed by atoms with Crippen LogP contribution < -0.4 is 18.9 Å². The Labute approximate surface area is 154 Å². The summed E-state index contributed by atoms with van der Waals surface area (Å²) in [5.41, 5.74) is 1.21. The van der Waals surface area contributed by atoms with Gasteiger partial charge >= 0.3 is 0 Å². The molecular weight excluding hydrogens is 354 g/mol. The molecule has 0 fully saturated rings. The van der Waals surface area contributed by atoms with Crippen molar-refractivity contribution in [1.82, 2.24) is 4.72 Å². The van der Waals surface area contributed by atoms with Crippen LogP contribution in [0.4, 0.5) is 0 Å². The van der Waals surface area contributed by atoms with Gasteiger partial charge in [0.1, 0.15) is 5.75 Å². The van der Waals surface area contributed by atoms with Crippen LogP contribution in [0.15, 0.2) is 48.5 Å². The van der Waals surface area contributed by atoms with Crippen molar-refractivity contribution in [3.63, 3.8) is 0 Å². The lowest BCUT2D eigenvalue weighted by atomic mass is 10.1. The summed E-state index contributed by atoms with van der Waals surface area (Å²) in [5, 5.41) is 0. The maximum Gasteiger partial charge on any atom is 0.231 e. The molecule has 0 spiro atoms. The quantitative estimate of drug-likeness (QED) is 0.645. The second-order valence-electron chi connectivity index (χ2n) is 6.02. The number of sulfonamides is 1. The van der Waals surface area contributed by atoms with E-state index in [1.807, 2.05) is 30.3 Å². The Kier molecular flexibility index (Phi) is 6.35. The van der Waals surface area contributed by atoms with E-state index in [4.69, 9.17) is 14.2 Å². The third-order valence-electron chi connectivity index (χ3n) is 3.98. The van der Waals surface area contributed by atoms with Crippen LogP contribution in [0.2, 0.25) is 0 Å². The van der Waals surface area contributed by atoms with Crippen LogP contribution in [0.5, 0.6) is 17.2 Å². The van der Waals surface area contributed by atoms with E-state index in [1.165, 1.54) is 5.56 Å². The molecular formula is C19H23NO5S.